The van der Waals surface area contributed by atoms with Gasteiger partial charge in [-0.2, -0.15) is 0 Å². The zero-order chi connectivity index (χ0) is 14.9. The maximum Gasteiger partial charge on any atom is 0.326 e. The van der Waals surface area contributed by atoms with Crippen LogP contribution in [0.3, 0.4) is 0 Å². The molecule has 2 aliphatic carbocycles. The Morgan fingerprint density at radius 3 is 2.76 bits per heavy atom. The van der Waals surface area contributed by atoms with E-state index in [1.165, 1.54) is 32.0 Å². The molecule has 2 saturated carbocycles. The first-order valence-corrected chi connectivity index (χ1v) is 7.33. The highest BCUT2D eigenvalue weighted by Gasteiger charge is 2.53. The number of urea groups is 1. The van der Waals surface area contributed by atoms with Crippen LogP contribution in [0, 0.1) is 11.3 Å². The Morgan fingerprint density at radius 2 is 2.24 bits per heavy atom. The number of imidazole rings is 1. The van der Waals surface area contributed by atoms with E-state index in [2.05, 4.69) is 20.6 Å². The molecule has 4 N–H and O–H groups in total. The van der Waals surface area contributed by atoms with E-state index in [-0.39, 0.29) is 6.42 Å². The topological polar surface area (TPSA) is 107 Å². The largest absolute Gasteiger partial charge is 0.480 e. The Labute approximate surface area is 122 Å². The van der Waals surface area contributed by atoms with Crippen LogP contribution in [0.2, 0.25) is 0 Å². The van der Waals surface area contributed by atoms with Crippen LogP contribution in [0.4, 0.5) is 4.79 Å². The van der Waals surface area contributed by atoms with Crippen LogP contribution in [0.25, 0.3) is 0 Å². The van der Waals surface area contributed by atoms with Gasteiger partial charge in [-0.1, -0.05) is 0 Å². The molecule has 1 heterocycles. The van der Waals surface area contributed by atoms with Gasteiger partial charge in [-0.05, 0) is 37.0 Å². The lowest BCUT2D eigenvalue weighted by molar-refractivity contribution is -0.139. The summed E-state index contributed by atoms with van der Waals surface area (Å²) in [7, 11) is 0. The quantitative estimate of drug-likeness (QED) is 0.598. The Balaban J connectivity index is 1.48. The van der Waals surface area contributed by atoms with E-state index < -0.39 is 18.0 Å². The fraction of sp³-hybridized carbons (Fsp3) is 0.643. The van der Waals surface area contributed by atoms with Crippen molar-refractivity contribution in [3.05, 3.63) is 18.2 Å². The summed E-state index contributed by atoms with van der Waals surface area (Å²) < 4.78 is 0. The zero-order valence-corrected chi connectivity index (χ0v) is 11.8. The summed E-state index contributed by atoms with van der Waals surface area (Å²) in [5.41, 5.74) is 0.985. The van der Waals surface area contributed by atoms with Crippen molar-refractivity contribution in [1.29, 1.82) is 0 Å². The molecule has 1 aromatic heterocycles. The maximum atomic E-state index is 11.9. The van der Waals surface area contributed by atoms with Gasteiger partial charge in [-0.3, -0.25) is 0 Å². The van der Waals surface area contributed by atoms with E-state index >= 15 is 0 Å². The molecule has 2 aliphatic rings. The lowest BCUT2D eigenvalue weighted by Crippen LogP contribution is -2.48. The number of aromatic amines is 1. The van der Waals surface area contributed by atoms with Gasteiger partial charge in [0.1, 0.15) is 6.04 Å². The summed E-state index contributed by atoms with van der Waals surface area (Å²) in [6, 6.07) is -1.37. The Kier molecular flexibility index (Phi) is 3.57. The average Bonchev–Trinajstić information content (AvgIpc) is 3.35. The molecule has 0 aliphatic heterocycles. The monoisotopic (exact) mass is 292 g/mol. The molecule has 0 radical (unpaired) electrons. The standard InChI is InChI=1S/C14H20N4O3/c19-12(20)11(5-10-6-15-8-17-10)18-13(21)16-7-14(3-4-14)9-1-2-9/h6,8-9,11H,1-5,7H2,(H,15,17)(H,19,20)(H2,16,18,21)/t11-/m1/s1. The van der Waals surface area contributed by atoms with Crippen LogP contribution in [-0.4, -0.2) is 39.7 Å². The molecule has 0 unspecified atom stereocenters. The molecular weight excluding hydrogens is 272 g/mol. The van der Waals surface area contributed by atoms with E-state index in [0.717, 1.165) is 5.92 Å². The zero-order valence-electron chi connectivity index (χ0n) is 11.8. The number of hydrogen-bond acceptors (Lipinski definition) is 3. The Morgan fingerprint density at radius 1 is 1.48 bits per heavy atom. The van der Waals surface area contributed by atoms with Gasteiger partial charge in [0, 0.05) is 24.9 Å². The van der Waals surface area contributed by atoms with Crippen molar-refractivity contribution in [2.24, 2.45) is 11.3 Å². The van der Waals surface area contributed by atoms with Crippen molar-refractivity contribution in [1.82, 2.24) is 20.6 Å². The van der Waals surface area contributed by atoms with E-state index in [9.17, 15) is 14.7 Å². The molecule has 1 atom stereocenters. The predicted octanol–water partition coefficient (Wildman–Crippen LogP) is 0.895. The molecule has 21 heavy (non-hydrogen) atoms. The second-order valence-corrected chi connectivity index (χ2v) is 6.14. The maximum absolute atomic E-state index is 11.9. The van der Waals surface area contributed by atoms with Gasteiger partial charge < -0.3 is 20.7 Å². The van der Waals surface area contributed by atoms with E-state index in [1.807, 2.05) is 0 Å². The van der Waals surface area contributed by atoms with Crippen molar-refractivity contribution in [2.45, 2.75) is 38.1 Å². The van der Waals surface area contributed by atoms with Crippen molar-refractivity contribution < 1.29 is 14.7 Å². The van der Waals surface area contributed by atoms with Crippen LogP contribution >= 0.6 is 0 Å². The molecule has 0 bridgehead atoms. The minimum Gasteiger partial charge on any atom is -0.480 e. The van der Waals surface area contributed by atoms with Crippen LogP contribution in [0.15, 0.2) is 12.5 Å². The van der Waals surface area contributed by atoms with Gasteiger partial charge in [0.15, 0.2) is 0 Å². The number of carbonyl (C=O) groups excluding carboxylic acids is 1. The van der Waals surface area contributed by atoms with E-state index in [4.69, 9.17) is 0 Å². The van der Waals surface area contributed by atoms with E-state index in [0.29, 0.717) is 17.7 Å². The number of hydrogen-bond donors (Lipinski definition) is 4. The first kappa shape index (κ1) is 13.9. The number of carboxylic acids is 1. The molecule has 2 fully saturated rings. The second kappa shape index (κ2) is 5.38. The van der Waals surface area contributed by atoms with Gasteiger partial charge in [-0.15, -0.1) is 0 Å². The number of amides is 2. The lowest BCUT2D eigenvalue weighted by atomic mass is 10.0. The molecule has 1 aromatic rings. The molecule has 0 aromatic carbocycles. The number of aliphatic carboxylic acids is 1. The van der Waals surface area contributed by atoms with Crippen LogP contribution in [-0.2, 0) is 11.2 Å². The molecule has 0 saturated heterocycles. The number of nitrogens with one attached hydrogen (secondary N) is 3. The molecule has 3 rings (SSSR count). The van der Waals surface area contributed by atoms with Gasteiger partial charge in [0.25, 0.3) is 0 Å². The van der Waals surface area contributed by atoms with Crippen molar-refractivity contribution >= 4 is 12.0 Å². The summed E-state index contributed by atoms with van der Waals surface area (Å²) in [5, 5.41) is 14.5. The normalized spacial score (nSPS) is 20.6. The summed E-state index contributed by atoms with van der Waals surface area (Å²) in [6.45, 7) is 0.653. The van der Waals surface area contributed by atoms with Gasteiger partial charge >= 0.3 is 12.0 Å². The second-order valence-electron chi connectivity index (χ2n) is 6.14. The number of carboxylic acid groups (broad SMARTS) is 1. The van der Waals surface area contributed by atoms with Crippen molar-refractivity contribution in [3.63, 3.8) is 0 Å². The fourth-order valence-corrected chi connectivity index (χ4v) is 2.87. The first-order chi connectivity index (χ1) is 10.1. The number of rotatable bonds is 7. The molecule has 7 heteroatoms. The minimum atomic E-state index is -1.05. The number of H-pyrrole nitrogens is 1. The third-order valence-corrected chi connectivity index (χ3v) is 4.52. The SMILES string of the molecule is O=C(NCC1(C2CC2)CC1)N[C@H](Cc1cnc[nH]1)C(=O)O. The molecule has 0 spiro atoms. The smallest absolute Gasteiger partial charge is 0.326 e. The van der Waals surface area contributed by atoms with Crippen molar-refractivity contribution in [2.75, 3.05) is 6.54 Å². The molecule has 7 nitrogen and oxygen atoms in total. The Bertz CT molecular complexity index is 520. The fourth-order valence-electron chi connectivity index (χ4n) is 2.87. The lowest BCUT2D eigenvalue weighted by Gasteiger charge is -2.18. The minimum absolute atomic E-state index is 0.191. The summed E-state index contributed by atoms with van der Waals surface area (Å²) in [6.07, 6.45) is 8.11. The van der Waals surface area contributed by atoms with Gasteiger partial charge in [-0.25, -0.2) is 14.6 Å². The summed E-state index contributed by atoms with van der Waals surface area (Å²) in [4.78, 5) is 29.8. The average molecular weight is 292 g/mol. The van der Waals surface area contributed by atoms with Crippen molar-refractivity contribution in [3.8, 4) is 0 Å². The number of nitrogens with zero attached hydrogens (tertiary/aromatic N) is 1. The van der Waals surface area contributed by atoms with Crippen LogP contribution < -0.4 is 10.6 Å². The first-order valence-electron chi connectivity index (χ1n) is 7.33. The highest BCUT2D eigenvalue weighted by atomic mass is 16.4. The summed E-state index contributed by atoms with van der Waals surface area (Å²) >= 11 is 0. The van der Waals surface area contributed by atoms with Crippen LogP contribution in [0.1, 0.15) is 31.4 Å². The Hall–Kier alpha value is -2.05. The molecule has 114 valence electrons. The van der Waals surface area contributed by atoms with Gasteiger partial charge in [0.2, 0.25) is 0 Å². The highest BCUT2D eigenvalue weighted by Crippen LogP contribution is 2.60. The van der Waals surface area contributed by atoms with E-state index in [1.54, 1.807) is 6.20 Å². The van der Waals surface area contributed by atoms with Crippen LogP contribution in [0.5, 0.6) is 0 Å². The molecule has 2 amide bonds. The third kappa shape index (κ3) is 3.34. The van der Waals surface area contributed by atoms with Gasteiger partial charge in [0.05, 0.1) is 6.33 Å². The number of aromatic nitrogens is 2. The molecular formula is C14H20N4O3. The highest BCUT2D eigenvalue weighted by molar-refractivity contribution is 5.82. The number of carbonyl (C=O) groups is 2. The summed E-state index contributed by atoms with van der Waals surface area (Å²) in [5.74, 6) is -0.291. The predicted molar refractivity (Wildman–Crippen MR) is 74.6 cm³/mol. The third-order valence-electron chi connectivity index (χ3n) is 4.52.